The van der Waals surface area contributed by atoms with Gasteiger partial charge in [0.2, 0.25) is 0 Å². The number of piperazine rings is 1. The van der Waals surface area contributed by atoms with Gasteiger partial charge < -0.3 is 9.80 Å². The molecule has 0 spiro atoms. The first kappa shape index (κ1) is 14.7. The topological polar surface area (TPSA) is 41.4 Å². The fraction of sp³-hybridized carbons (Fsp3) is 0.375. The zero-order valence-corrected chi connectivity index (χ0v) is 12.8. The van der Waals surface area contributed by atoms with E-state index in [1.807, 2.05) is 11.8 Å². The van der Waals surface area contributed by atoms with Gasteiger partial charge in [-0.15, -0.1) is 0 Å². The van der Waals surface area contributed by atoms with Crippen LogP contribution in [0.1, 0.15) is 16.1 Å². The molecule has 0 atom stereocenters. The molecule has 3 rings (SSSR count). The normalized spacial score (nSPS) is 16.0. The third-order valence-corrected chi connectivity index (χ3v) is 4.08. The quantitative estimate of drug-likeness (QED) is 0.848. The lowest BCUT2D eigenvalue weighted by molar-refractivity contribution is 0.0663. The molecule has 1 fully saturated rings. The van der Waals surface area contributed by atoms with E-state index in [2.05, 4.69) is 17.0 Å². The number of amides is 1. The van der Waals surface area contributed by atoms with Gasteiger partial charge in [-0.25, -0.2) is 9.07 Å². The summed E-state index contributed by atoms with van der Waals surface area (Å²) in [6, 6.07) is 6.20. The van der Waals surface area contributed by atoms with Gasteiger partial charge in [0.25, 0.3) is 5.91 Å². The van der Waals surface area contributed by atoms with Gasteiger partial charge in [-0.1, -0.05) is 6.07 Å². The lowest BCUT2D eigenvalue weighted by Crippen LogP contribution is -2.47. The number of likely N-dealkylation sites (N-methyl/N-ethyl adjacent to an activating group) is 1. The van der Waals surface area contributed by atoms with E-state index in [-0.39, 0.29) is 11.7 Å². The van der Waals surface area contributed by atoms with E-state index in [0.717, 1.165) is 31.9 Å². The first-order chi connectivity index (χ1) is 10.6. The monoisotopic (exact) mass is 302 g/mol. The molecule has 5 nitrogen and oxygen atoms in total. The van der Waals surface area contributed by atoms with E-state index >= 15 is 0 Å². The zero-order valence-electron chi connectivity index (χ0n) is 12.8. The molecule has 22 heavy (non-hydrogen) atoms. The van der Waals surface area contributed by atoms with E-state index in [4.69, 9.17) is 0 Å². The Morgan fingerprint density at radius 2 is 1.95 bits per heavy atom. The van der Waals surface area contributed by atoms with Crippen molar-refractivity contribution in [3.8, 4) is 5.69 Å². The molecule has 1 aliphatic heterocycles. The molecule has 0 aliphatic carbocycles. The fourth-order valence-corrected chi connectivity index (χ4v) is 2.67. The number of nitrogens with zero attached hydrogens (tertiary/aromatic N) is 4. The molecule has 2 heterocycles. The summed E-state index contributed by atoms with van der Waals surface area (Å²) in [6.45, 7) is 5.03. The van der Waals surface area contributed by atoms with Crippen molar-refractivity contribution < 1.29 is 9.18 Å². The van der Waals surface area contributed by atoms with E-state index in [1.54, 1.807) is 23.0 Å². The van der Waals surface area contributed by atoms with Crippen LogP contribution in [0.3, 0.4) is 0 Å². The summed E-state index contributed by atoms with van der Waals surface area (Å²) in [5.74, 6) is -0.326. The molecular weight excluding hydrogens is 283 g/mol. The summed E-state index contributed by atoms with van der Waals surface area (Å²) in [7, 11) is 2.05. The van der Waals surface area contributed by atoms with Crippen molar-refractivity contribution in [2.24, 2.45) is 0 Å². The largest absolute Gasteiger partial charge is 0.336 e. The smallest absolute Gasteiger partial charge is 0.257 e. The van der Waals surface area contributed by atoms with Crippen molar-refractivity contribution in [2.75, 3.05) is 33.2 Å². The summed E-state index contributed by atoms with van der Waals surface area (Å²) < 4.78 is 15.0. The Labute approximate surface area is 128 Å². The SMILES string of the molecule is Cc1c(C(=O)N2CCN(C)CC2)cnn1-c1cccc(F)c1. The van der Waals surface area contributed by atoms with Crippen molar-refractivity contribution in [2.45, 2.75) is 6.92 Å². The maximum absolute atomic E-state index is 13.4. The van der Waals surface area contributed by atoms with Gasteiger partial charge in [0.15, 0.2) is 0 Å². The number of benzene rings is 1. The minimum Gasteiger partial charge on any atom is -0.336 e. The summed E-state index contributed by atoms with van der Waals surface area (Å²) in [5.41, 5.74) is 1.93. The Kier molecular flexibility index (Phi) is 3.94. The van der Waals surface area contributed by atoms with Crippen molar-refractivity contribution in [3.05, 3.63) is 47.5 Å². The third-order valence-electron chi connectivity index (χ3n) is 4.08. The molecule has 1 saturated heterocycles. The second kappa shape index (κ2) is 5.88. The second-order valence-electron chi connectivity index (χ2n) is 5.63. The first-order valence-corrected chi connectivity index (χ1v) is 7.34. The van der Waals surface area contributed by atoms with Crippen LogP contribution in [0.25, 0.3) is 5.69 Å². The number of aromatic nitrogens is 2. The molecule has 1 aromatic carbocycles. The highest BCUT2D eigenvalue weighted by molar-refractivity contribution is 5.95. The molecule has 0 bridgehead atoms. The molecule has 2 aromatic rings. The van der Waals surface area contributed by atoms with E-state index < -0.39 is 0 Å². The van der Waals surface area contributed by atoms with Gasteiger partial charge in [-0.3, -0.25) is 4.79 Å². The number of hydrogen-bond acceptors (Lipinski definition) is 3. The minimum atomic E-state index is -0.320. The molecule has 0 saturated carbocycles. The molecule has 1 amide bonds. The standard InChI is InChI=1S/C16H19FN4O/c1-12-15(16(22)20-8-6-19(2)7-9-20)11-18-21(12)14-5-3-4-13(17)10-14/h3-5,10-11H,6-9H2,1-2H3. The van der Waals surface area contributed by atoms with Crippen LogP contribution >= 0.6 is 0 Å². The summed E-state index contributed by atoms with van der Waals surface area (Å²) in [6.07, 6.45) is 1.57. The molecule has 0 radical (unpaired) electrons. The number of carbonyl (C=O) groups excluding carboxylic acids is 1. The van der Waals surface area contributed by atoms with Gasteiger partial charge in [-0.2, -0.15) is 5.10 Å². The van der Waals surface area contributed by atoms with Crippen LogP contribution in [0.5, 0.6) is 0 Å². The fourth-order valence-electron chi connectivity index (χ4n) is 2.67. The van der Waals surface area contributed by atoms with Gasteiger partial charge in [0, 0.05) is 26.2 Å². The van der Waals surface area contributed by atoms with Crippen LogP contribution in [-0.4, -0.2) is 58.7 Å². The van der Waals surface area contributed by atoms with E-state index in [9.17, 15) is 9.18 Å². The highest BCUT2D eigenvalue weighted by Crippen LogP contribution is 2.17. The Bertz CT molecular complexity index is 689. The number of hydrogen-bond donors (Lipinski definition) is 0. The van der Waals surface area contributed by atoms with Crippen molar-refractivity contribution >= 4 is 5.91 Å². The minimum absolute atomic E-state index is 0.00625. The van der Waals surface area contributed by atoms with Gasteiger partial charge in [0.1, 0.15) is 5.82 Å². The molecule has 1 aromatic heterocycles. The van der Waals surface area contributed by atoms with Crippen LogP contribution in [0.15, 0.2) is 30.5 Å². The Morgan fingerprint density at radius 3 is 2.64 bits per heavy atom. The van der Waals surface area contributed by atoms with E-state index in [0.29, 0.717) is 11.3 Å². The Morgan fingerprint density at radius 1 is 1.23 bits per heavy atom. The molecule has 116 valence electrons. The Hall–Kier alpha value is -2.21. The molecule has 0 N–H and O–H groups in total. The Balaban J connectivity index is 1.85. The number of halogens is 1. The van der Waals surface area contributed by atoms with Crippen molar-refractivity contribution in [1.82, 2.24) is 19.6 Å². The highest BCUT2D eigenvalue weighted by atomic mass is 19.1. The first-order valence-electron chi connectivity index (χ1n) is 7.34. The van der Waals surface area contributed by atoms with Crippen LogP contribution in [0, 0.1) is 12.7 Å². The van der Waals surface area contributed by atoms with Crippen molar-refractivity contribution in [3.63, 3.8) is 0 Å². The molecule has 1 aliphatic rings. The number of rotatable bonds is 2. The average Bonchev–Trinajstić information content (AvgIpc) is 2.89. The van der Waals surface area contributed by atoms with Crippen LogP contribution in [0.2, 0.25) is 0 Å². The van der Waals surface area contributed by atoms with E-state index in [1.165, 1.54) is 12.1 Å². The lowest BCUT2D eigenvalue weighted by atomic mass is 10.2. The lowest BCUT2D eigenvalue weighted by Gasteiger charge is -2.32. The average molecular weight is 302 g/mol. The summed E-state index contributed by atoms with van der Waals surface area (Å²) in [4.78, 5) is 16.7. The van der Waals surface area contributed by atoms with Crippen LogP contribution < -0.4 is 0 Å². The third kappa shape index (κ3) is 2.74. The number of carbonyl (C=O) groups is 1. The second-order valence-corrected chi connectivity index (χ2v) is 5.63. The van der Waals surface area contributed by atoms with Crippen LogP contribution in [0.4, 0.5) is 4.39 Å². The van der Waals surface area contributed by atoms with Crippen molar-refractivity contribution in [1.29, 1.82) is 0 Å². The maximum Gasteiger partial charge on any atom is 0.257 e. The summed E-state index contributed by atoms with van der Waals surface area (Å²) >= 11 is 0. The molecular formula is C16H19FN4O. The maximum atomic E-state index is 13.4. The van der Waals surface area contributed by atoms with Gasteiger partial charge >= 0.3 is 0 Å². The summed E-state index contributed by atoms with van der Waals surface area (Å²) in [5, 5.41) is 4.25. The van der Waals surface area contributed by atoms with Gasteiger partial charge in [-0.05, 0) is 32.2 Å². The highest BCUT2D eigenvalue weighted by Gasteiger charge is 2.23. The predicted octanol–water partition coefficient (Wildman–Crippen LogP) is 1.71. The molecule has 6 heteroatoms. The van der Waals surface area contributed by atoms with Gasteiger partial charge in [0.05, 0.1) is 23.1 Å². The predicted molar refractivity (Wildman–Crippen MR) is 81.7 cm³/mol. The zero-order chi connectivity index (χ0) is 15.7. The molecule has 0 unspecified atom stereocenters. The van der Waals surface area contributed by atoms with Crippen LogP contribution in [-0.2, 0) is 0 Å².